The predicted octanol–water partition coefficient (Wildman–Crippen LogP) is 23.2. The van der Waals surface area contributed by atoms with Gasteiger partial charge in [-0.25, -0.2) is 0 Å². The first-order valence-corrected chi connectivity index (χ1v) is 28.7. The summed E-state index contributed by atoms with van der Waals surface area (Å²) in [5, 5.41) is 17.5. The molecule has 83 heavy (non-hydrogen) atoms. The summed E-state index contributed by atoms with van der Waals surface area (Å²) in [4.78, 5) is 2.38. The van der Waals surface area contributed by atoms with Gasteiger partial charge >= 0.3 is 0 Å². The summed E-state index contributed by atoms with van der Waals surface area (Å²) >= 11 is 0. The van der Waals surface area contributed by atoms with Gasteiger partial charge in [0.05, 0.1) is 0 Å². The van der Waals surface area contributed by atoms with Crippen LogP contribution < -0.4 is 4.90 Å². The maximum Gasteiger partial charge on any atom is 0.0462 e. The molecule has 0 amide bonds. The molecule has 16 aromatic carbocycles. The summed E-state index contributed by atoms with van der Waals surface area (Å²) in [6.07, 6.45) is 0. The van der Waals surface area contributed by atoms with Gasteiger partial charge in [0.15, 0.2) is 0 Å². The highest BCUT2D eigenvalue weighted by molar-refractivity contribution is 6.14. The highest BCUT2D eigenvalue weighted by Crippen LogP contribution is 2.42. The maximum absolute atomic E-state index is 2.38. The molecular formula is C82H53N. The van der Waals surface area contributed by atoms with Crippen LogP contribution in [0.15, 0.2) is 322 Å². The van der Waals surface area contributed by atoms with Crippen LogP contribution in [0.3, 0.4) is 0 Å². The molecule has 0 aliphatic rings. The first kappa shape index (κ1) is 48.1. The number of rotatable bonds is 9. The van der Waals surface area contributed by atoms with Gasteiger partial charge in [0.25, 0.3) is 0 Å². The van der Waals surface area contributed by atoms with Crippen LogP contribution in [-0.4, -0.2) is 0 Å². The molecule has 16 aromatic rings. The van der Waals surface area contributed by atoms with Crippen molar-refractivity contribution < 1.29 is 0 Å². The minimum Gasteiger partial charge on any atom is -0.311 e. The second-order valence-corrected chi connectivity index (χ2v) is 22.1. The van der Waals surface area contributed by atoms with E-state index in [1.165, 1.54) is 142 Å². The van der Waals surface area contributed by atoms with Crippen molar-refractivity contribution in [2.75, 3.05) is 4.90 Å². The number of fused-ring (bicyclic) bond motifs is 8. The molecule has 0 fully saturated rings. The van der Waals surface area contributed by atoms with E-state index in [1.807, 2.05) is 0 Å². The lowest BCUT2D eigenvalue weighted by Gasteiger charge is -2.26. The van der Waals surface area contributed by atoms with Gasteiger partial charge in [-0.3, -0.25) is 0 Å². The summed E-state index contributed by atoms with van der Waals surface area (Å²) in [7, 11) is 0. The van der Waals surface area contributed by atoms with Gasteiger partial charge < -0.3 is 4.90 Å². The molecule has 0 aliphatic heterocycles. The van der Waals surface area contributed by atoms with E-state index in [9.17, 15) is 0 Å². The van der Waals surface area contributed by atoms with E-state index in [0.29, 0.717) is 0 Å². The van der Waals surface area contributed by atoms with E-state index in [1.54, 1.807) is 0 Å². The minimum absolute atomic E-state index is 1.08. The Hall–Kier alpha value is -10.9. The van der Waals surface area contributed by atoms with Crippen LogP contribution in [-0.2, 0) is 0 Å². The molecule has 0 saturated heterocycles. The zero-order valence-electron chi connectivity index (χ0n) is 45.5. The number of anilines is 3. The predicted molar refractivity (Wildman–Crippen MR) is 356 cm³/mol. The van der Waals surface area contributed by atoms with Crippen LogP contribution in [0.1, 0.15) is 0 Å². The summed E-state index contributed by atoms with van der Waals surface area (Å²) in [5.74, 6) is 0. The highest BCUT2D eigenvalue weighted by Gasteiger charge is 2.16. The molecule has 0 heterocycles. The van der Waals surface area contributed by atoms with Gasteiger partial charge in [-0.05, 0) is 221 Å². The highest BCUT2D eigenvalue weighted by atomic mass is 15.1. The third kappa shape index (κ3) is 8.75. The van der Waals surface area contributed by atoms with Crippen LogP contribution in [0.4, 0.5) is 17.1 Å². The van der Waals surface area contributed by atoms with Crippen LogP contribution in [0, 0.1) is 0 Å². The average molecular weight is 1050 g/mol. The molecule has 1 nitrogen and oxygen atoms in total. The molecule has 0 unspecified atom stereocenters. The molecule has 0 N–H and O–H groups in total. The number of hydrogen-bond acceptors (Lipinski definition) is 1. The SMILES string of the molecule is c1ccc2c(-c3ccc4ccc(-c5ccc(N(c6ccc(-c7ccc8ccc(-c9cccc%10ccccc9%10)cc8c7)cc6)c6ccc(-c7ccc8ccc(-c9cc%10ccccc%10c%10ccccc9%10)cc8c7)cc6)cc5)cc4c3)cccc2c1. The fourth-order valence-electron chi connectivity index (χ4n) is 12.9. The van der Waals surface area contributed by atoms with E-state index in [2.05, 4.69) is 326 Å². The van der Waals surface area contributed by atoms with Gasteiger partial charge in [-0.1, -0.05) is 243 Å². The third-order valence-corrected chi connectivity index (χ3v) is 17.2. The van der Waals surface area contributed by atoms with Gasteiger partial charge in [-0.2, -0.15) is 0 Å². The van der Waals surface area contributed by atoms with E-state index < -0.39 is 0 Å². The van der Waals surface area contributed by atoms with Crippen LogP contribution in [0.5, 0.6) is 0 Å². The standard InChI is InChI=1S/C82H53N/c1-4-16-75-60(11-1)14-9-21-77(75)66-32-26-57-23-29-62(47-69(57)50-66)54-35-41-72(42-36-54)83(73-43-37-55(38-44-73)63-30-24-58-27-33-67(51-70(58)48-63)78-22-10-15-61-12-2-5-17-76(61)78)74-45-39-56(40-46-74)64-31-25-59-28-34-68(52-71(59)49-64)82-53-65-13-3-6-18-79(65)80-19-7-8-20-81(80)82/h1-53H. The average Bonchev–Trinajstić information content (AvgIpc) is 3.48. The Morgan fingerprint density at radius 3 is 0.867 bits per heavy atom. The lowest BCUT2D eigenvalue weighted by Crippen LogP contribution is -2.09. The van der Waals surface area contributed by atoms with Crippen molar-refractivity contribution in [1.29, 1.82) is 0 Å². The minimum atomic E-state index is 1.08. The van der Waals surface area contributed by atoms with Crippen molar-refractivity contribution in [2.24, 2.45) is 0 Å². The molecule has 0 spiro atoms. The van der Waals surface area contributed by atoms with Crippen LogP contribution in [0.25, 0.3) is 142 Å². The van der Waals surface area contributed by atoms with E-state index in [0.717, 1.165) is 17.1 Å². The lowest BCUT2D eigenvalue weighted by molar-refractivity contribution is 1.28. The Kier molecular flexibility index (Phi) is 11.6. The second-order valence-electron chi connectivity index (χ2n) is 22.1. The zero-order chi connectivity index (χ0) is 54.8. The Morgan fingerprint density at radius 1 is 0.145 bits per heavy atom. The van der Waals surface area contributed by atoms with Crippen molar-refractivity contribution in [3.63, 3.8) is 0 Å². The first-order chi connectivity index (χ1) is 41.1. The summed E-state index contributed by atoms with van der Waals surface area (Å²) < 4.78 is 0. The number of benzene rings is 16. The normalized spacial score (nSPS) is 11.6. The first-order valence-electron chi connectivity index (χ1n) is 28.7. The molecule has 0 atom stereocenters. The van der Waals surface area contributed by atoms with E-state index >= 15 is 0 Å². The van der Waals surface area contributed by atoms with Gasteiger partial charge in [0, 0.05) is 17.1 Å². The van der Waals surface area contributed by atoms with Crippen molar-refractivity contribution >= 4 is 92.5 Å². The topological polar surface area (TPSA) is 3.24 Å². The van der Waals surface area contributed by atoms with Crippen LogP contribution in [0.2, 0.25) is 0 Å². The third-order valence-electron chi connectivity index (χ3n) is 17.2. The maximum atomic E-state index is 2.38. The largest absolute Gasteiger partial charge is 0.311 e. The Balaban J connectivity index is 0.746. The lowest BCUT2D eigenvalue weighted by atomic mass is 9.92. The van der Waals surface area contributed by atoms with E-state index in [-0.39, 0.29) is 0 Å². The van der Waals surface area contributed by atoms with Gasteiger partial charge in [0.2, 0.25) is 0 Å². The van der Waals surface area contributed by atoms with Crippen molar-refractivity contribution in [2.45, 2.75) is 0 Å². The molecule has 0 radical (unpaired) electrons. The van der Waals surface area contributed by atoms with Gasteiger partial charge in [-0.15, -0.1) is 0 Å². The smallest absolute Gasteiger partial charge is 0.0462 e. The van der Waals surface area contributed by atoms with Crippen LogP contribution >= 0.6 is 0 Å². The van der Waals surface area contributed by atoms with Crippen molar-refractivity contribution in [3.05, 3.63) is 322 Å². The van der Waals surface area contributed by atoms with Gasteiger partial charge in [0.1, 0.15) is 0 Å². The molecule has 0 saturated carbocycles. The monoisotopic (exact) mass is 1050 g/mol. The van der Waals surface area contributed by atoms with Crippen molar-refractivity contribution in [1.82, 2.24) is 0 Å². The zero-order valence-corrected chi connectivity index (χ0v) is 45.5. The fraction of sp³-hybridized carbons (Fsp3) is 0. The second kappa shape index (κ2) is 20.0. The van der Waals surface area contributed by atoms with Crippen molar-refractivity contribution in [3.8, 4) is 66.8 Å². The molecular weight excluding hydrogens is 999 g/mol. The summed E-state index contributed by atoms with van der Waals surface area (Å²) in [6.45, 7) is 0. The number of hydrogen-bond donors (Lipinski definition) is 0. The summed E-state index contributed by atoms with van der Waals surface area (Å²) in [5.41, 5.74) is 17.7. The molecule has 1 heteroatoms. The van der Waals surface area contributed by atoms with E-state index in [4.69, 9.17) is 0 Å². The Labute approximate surface area is 482 Å². The Morgan fingerprint density at radius 2 is 0.446 bits per heavy atom. The molecule has 0 aliphatic carbocycles. The quantitative estimate of drug-likeness (QED) is 0.130. The molecule has 386 valence electrons. The Bertz CT molecular complexity index is 4970. The molecule has 0 bridgehead atoms. The fourth-order valence-corrected chi connectivity index (χ4v) is 12.9. The molecule has 0 aromatic heterocycles. The summed E-state index contributed by atoms with van der Waals surface area (Å²) in [6, 6.07) is 119. The number of nitrogens with zero attached hydrogens (tertiary/aromatic N) is 1. The molecule has 16 rings (SSSR count).